The lowest BCUT2D eigenvalue weighted by molar-refractivity contribution is -0.132. The molecule has 0 fully saturated rings. The summed E-state index contributed by atoms with van der Waals surface area (Å²) in [6.07, 6.45) is 1.80. The van der Waals surface area contributed by atoms with Gasteiger partial charge in [-0.15, -0.1) is 0 Å². The summed E-state index contributed by atoms with van der Waals surface area (Å²) in [5, 5.41) is 9.74. The molecule has 4 rings (SSSR count). The molecular formula is C25H23F2N5O. The quantitative estimate of drug-likeness (QED) is 0.576. The number of nitrogens with zero attached hydrogens (tertiary/aromatic N) is 4. The Morgan fingerprint density at radius 3 is 2.82 bits per heavy atom. The Labute approximate surface area is 190 Å². The van der Waals surface area contributed by atoms with E-state index in [2.05, 4.69) is 22.6 Å². The molecule has 0 aliphatic carbocycles. The fourth-order valence-electron chi connectivity index (χ4n) is 3.98. The Hall–Kier alpha value is -3.99. The van der Waals surface area contributed by atoms with Crippen LogP contribution in [0, 0.1) is 23.0 Å². The van der Waals surface area contributed by atoms with Gasteiger partial charge in [0, 0.05) is 37.2 Å². The molecule has 8 heteroatoms. The van der Waals surface area contributed by atoms with Crippen LogP contribution in [0.4, 0.5) is 14.5 Å². The molecule has 0 radical (unpaired) electrons. The van der Waals surface area contributed by atoms with Crippen LogP contribution in [0.2, 0.25) is 0 Å². The molecule has 3 aromatic rings. The largest absolute Gasteiger partial charge is 0.364 e. The summed E-state index contributed by atoms with van der Waals surface area (Å²) < 4.78 is 27.6. The van der Waals surface area contributed by atoms with E-state index in [0.717, 1.165) is 17.3 Å². The third kappa shape index (κ3) is 4.35. The number of aromatic amines is 1. The lowest BCUT2D eigenvalue weighted by Gasteiger charge is -2.30. The van der Waals surface area contributed by atoms with Crippen LogP contribution in [0.5, 0.6) is 0 Å². The first-order valence-electron chi connectivity index (χ1n) is 10.5. The number of para-hydroxylation sites is 1. The molecule has 2 atom stereocenters. The van der Waals surface area contributed by atoms with E-state index in [0.29, 0.717) is 23.5 Å². The average Bonchev–Trinajstić information content (AvgIpc) is 3.40. The molecule has 0 bridgehead atoms. The first-order valence-corrected chi connectivity index (χ1v) is 10.5. The zero-order valence-electron chi connectivity index (χ0n) is 18.3. The minimum Gasteiger partial charge on any atom is -0.364 e. The van der Waals surface area contributed by atoms with Gasteiger partial charge in [-0.05, 0) is 30.7 Å². The maximum atomic E-state index is 14.1. The maximum absolute atomic E-state index is 14.1. The number of carbonyl (C=O) groups excluding carboxylic acids is 1. The van der Waals surface area contributed by atoms with Crippen LogP contribution in [-0.4, -0.2) is 53.1 Å². The van der Waals surface area contributed by atoms with Crippen molar-refractivity contribution in [1.82, 2.24) is 14.8 Å². The Bertz CT molecular complexity index is 1310. The number of H-pyrrole nitrogens is 1. The second kappa shape index (κ2) is 8.87. The van der Waals surface area contributed by atoms with Crippen molar-refractivity contribution in [3.05, 3.63) is 71.9 Å². The van der Waals surface area contributed by atoms with Crippen LogP contribution in [0.25, 0.3) is 16.6 Å². The number of carbonyl (C=O) groups is 1. The van der Waals surface area contributed by atoms with Crippen molar-refractivity contribution in [2.24, 2.45) is 4.99 Å². The number of hydrogen-bond donors (Lipinski definition) is 1. The predicted octanol–water partition coefficient (Wildman–Crippen LogP) is 4.59. The summed E-state index contributed by atoms with van der Waals surface area (Å²) in [6, 6.07) is 12.8. The number of amides is 1. The van der Waals surface area contributed by atoms with Crippen molar-refractivity contribution >= 4 is 34.4 Å². The number of rotatable bonds is 7. The monoisotopic (exact) mass is 447 g/mol. The van der Waals surface area contributed by atoms with Crippen LogP contribution in [0.15, 0.2) is 54.0 Å². The van der Waals surface area contributed by atoms with Crippen molar-refractivity contribution in [3.8, 4) is 6.07 Å². The van der Waals surface area contributed by atoms with E-state index < -0.39 is 17.7 Å². The molecule has 1 aliphatic rings. The van der Waals surface area contributed by atoms with Gasteiger partial charge in [-0.25, -0.2) is 8.78 Å². The zero-order chi connectivity index (χ0) is 23.7. The molecule has 1 aromatic heterocycles. The highest BCUT2D eigenvalue weighted by molar-refractivity contribution is 5.87. The van der Waals surface area contributed by atoms with Crippen LogP contribution >= 0.6 is 0 Å². The number of halogens is 2. The Kier molecular flexibility index (Phi) is 5.97. The van der Waals surface area contributed by atoms with E-state index >= 15 is 0 Å². The summed E-state index contributed by atoms with van der Waals surface area (Å²) in [5.41, 5.74) is 3.11. The van der Waals surface area contributed by atoms with Gasteiger partial charge in [0.25, 0.3) is 0 Å². The van der Waals surface area contributed by atoms with Gasteiger partial charge in [-0.2, -0.15) is 5.26 Å². The third-order valence-electron chi connectivity index (χ3n) is 5.89. The number of aromatic nitrogens is 1. The third-order valence-corrected chi connectivity index (χ3v) is 5.89. The normalized spacial score (nSPS) is 15.2. The Morgan fingerprint density at radius 2 is 2.06 bits per heavy atom. The smallest absolute Gasteiger partial charge is 0.243 e. The lowest BCUT2D eigenvalue weighted by atomic mass is 10.00. The highest BCUT2D eigenvalue weighted by Crippen LogP contribution is 2.32. The van der Waals surface area contributed by atoms with Gasteiger partial charge < -0.3 is 14.8 Å². The second-order valence-electron chi connectivity index (χ2n) is 8.13. The molecular weight excluding hydrogens is 424 g/mol. The van der Waals surface area contributed by atoms with E-state index in [4.69, 9.17) is 0 Å². The predicted molar refractivity (Wildman–Crippen MR) is 124 cm³/mol. The molecule has 168 valence electrons. The minimum absolute atomic E-state index is 0.0391. The topological polar surface area (TPSA) is 75.5 Å². The van der Waals surface area contributed by atoms with E-state index in [-0.39, 0.29) is 23.8 Å². The molecule has 6 nitrogen and oxygen atoms in total. The van der Waals surface area contributed by atoms with Gasteiger partial charge in [0.15, 0.2) is 0 Å². The maximum Gasteiger partial charge on any atom is 0.243 e. The van der Waals surface area contributed by atoms with Crippen LogP contribution in [-0.2, 0) is 4.79 Å². The first-order chi connectivity index (χ1) is 15.8. The van der Waals surface area contributed by atoms with Crippen molar-refractivity contribution in [2.75, 3.05) is 20.1 Å². The summed E-state index contributed by atoms with van der Waals surface area (Å²) in [7, 11) is 1.68. The van der Waals surface area contributed by atoms with Crippen molar-refractivity contribution < 1.29 is 13.6 Å². The molecule has 2 aromatic carbocycles. The van der Waals surface area contributed by atoms with Gasteiger partial charge in [-0.3, -0.25) is 9.79 Å². The second-order valence-corrected chi connectivity index (χ2v) is 8.13. The summed E-state index contributed by atoms with van der Waals surface area (Å²) in [6.45, 7) is 5.97. The van der Waals surface area contributed by atoms with Crippen molar-refractivity contribution in [1.29, 1.82) is 5.26 Å². The molecule has 0 saturated heterocycles. The number of benzene rings is 2. The van der Waals surface area contributed by atoms with Crippen molar-refractivity contribution in [3.63, 3.8) is 0 Å². The number of hydrogen-bond acceptors (Lipinski definition) is 4. The van der Waals surface area contributed by atoms with E-state index in [1.807, 2.05) is 24.3 Å². The van der Waals surface area contributed by atoms with E-state index in [9.17, 15) is 18.8 Å². The summed E-state index contributed by atoms with van der Waals surface area (Å²) in [5.74, 6) is -1.70. The van der Waals surface area contributed by atoms with Gasteiger partial charge in [-0.1, -0.05) is 24.8 Å². The van der Waals surface area contributed by atoms with E-state index in [1.165, 1.54) is 17.0 Å². The molecule has 1 N–H and O–H groups in total. The standard InChI is InChI=1S/C25H23F2N5O/c1-15(11-28)32(13-17-12-29-22-7-5-4-6-19(17)22)25(33)14-31(3)16(2)23-10-20-21(27)8-18(26)9-24(20)30-23/h4-10,12,15,17,30H,2,13-14H2,1,3H3. The number of fused-ring (bicyclic) bond motifs is 2. The molecule has 2 unspecified atom stereocenters. The lowest BCUT2D eigenvalue weighted by Crippen LogP contribution is -2.45. The van der Waals surface area contributed by atoms with Gasteiger partial charge in [0.1, 0.15) is 17.7 Å². The first kappa shape index (κ1) is 22.2. The van der Waals surface area contributed by atoms with Gasteiger partial charge in [0.2, 0.25) is 5.91 Å². The highest BCUT2D eigenvalue weighted by Gasteiger charge is 2.28. The number of nitrogens with one attached hydrogen (secondary N) is 1. The minimum atomic E-state index is -0.680. The summed E-state index contributed by atoms with van der Waals surface area (Å²) >= 11 is 0. The number of nitriles is 1. The number of aliphatic imine (C=N–C) groups is 1. The SMILES string of the molecule is C=C(c1cc2c(F)cc(F)cc2[nH]1)N(C)CC(=O)N(CC1C=Nc2ccccc21)C(C)C#N. The number of likely N-dealkylation sites (N-methyl/N-ethyl adjacent to an activating group) is 1. The molecule has 0 spiro atoms. The average molecular weight is 447 g/mol. The molecule has 2 heterocycles. The van der Waals surface area contributed by atoms with Crippen molar-refractivity contribution in [2.45, 2.75) is 18.9 Å². The zero-order valence-corrected chi connectivity index (χ0v) is 18.3. The highest BCUT2D eigenvalue weighted by atomic mass is 19.1. The molecule has 33 heavy (non-hydrogen) atoms. The summed E-state index contributed by atoms with van der Waals surface area (Å²) in [4.78, 5) is 23.7. The fourth-order valence-corrected chi connectivity index (χ4v) is 3.98. The molecule has 1 amide bonds. The molecule has 1 aliphatic heterocycles. The van der Waals surface area contributed by atoms with Crippen LogP contribution < -0.4 is 0 Å². The Balaban J connectivity index is 1.50. The van der Waals surface area contributed by atoms with Crippen LogP contribution in [0.3, 0.4) is 0 Å². The Morgan fingerprint density at radius 1 is 1.30 bits per heavy atom. The van der Waals surface area contributed by atoms with Gasteiger partial charge in [0.05, 0.1) is 35.2 Å². The molecule has 0 saturated carbocycles. The van der Waals surface area contributed by atoms with Gasteiger partial charge >= 0.3 is 0 Å². The van der Waals surface area contributed by atoms with Crippen LogP contribution in [0.1, 0.15) is 24.1 Å². The van der Waals surface area contributed by atoms with E-state index in [1.54, 1.807) is 25.1 Å². The fraction of sp³-hybridized carbons (Fsp3) is 0.240.